The summed E-state index contributed by atoms with van der Waals surface area (Å²) in [6.07, 6.45) is 5.42. The van der Waals surface area contributed by atoms with E-state index < -0.39 is 18.0 Å². The molecule has 0 unspecified atom stereocenters. The first-order valence-electron chi connectivity index (χ1n) is 6.94. The normalized spacial score (nSPS) is 17.4. The summed E-state index contributed by atoms with van der Waals surface area (Å²) < 4.78 is 0.128. The lowest BCUT2D eigenvalue weighted by molar-refractivity contribution is -0.139. The highest BCUT2D eigenvalue weighted by atomic mass is 32.2. The van der Waals surface area contributed by atoms with Crippen molar-refractivity contribution in [3.8, 4) is 0 Å². The molecule has 1 aliphatic carbocycles. The zero-order chi connectivity index (χ0) is 15.3. The van der Waals surface area contributed by atoms with Crippen LogP contribution in [0.1, 0.15) is 30.9 Å². The van der Waals surface area contributed by atoms with Crippen molar-refractivity contribution in [3.63, 3.8) is 0 Å². The van der Waals surface area contributed by atoms with Gasteiger partial charge in [-0.05, 0) is 24.7 Å². The highest BCUT2D eigenvalue weighted by Crippen LogP contribution is 2.42. The van der Waals surface area contributed by atoms with Gasteiger partial charge in [-0.3, -0.25) is 0 Å². The summed E-state index contributed by atoms with van der Waals surface area (Å²) in [5.41, 5.74) is 0.559. The number of amides is 2. The fourth-order valence-corrected chi connectivity index (χ4v) is 3.29. The van der Waals surface area contributed by atoms with Crippen LogP contribution in [0.25, 0.3) is 0 Å². The second kappa shape index (κ2) is 6.85. The zero-order valence-electron chi connectivity index (χ0n) is 12.0. The average Bonchev–Trinajstić information content (AvgIpc) is 2.44. The molecule has 5 nitrogen and oxygen atoms in total. The van der Waals surface area contributed by atoms with E-state index in [2.05, 4.69) is 10.6 Å². The van der Waals surface area contributed by atoms with Gasteiger partial charge in [0.25, 0.3) is 0 Å². The number of hydrogen-bond acceptors (Lipinski definition) is 3. The van der Waals surface area contributed by atoms with Crippen LogP contribution in [-0.2, 0) is 4.79 Å². The van der Waals surface area contributed by atoms with Crippen LogP contribution in [-0.4, -0.2) is 34.7 Å². The summed E-state index contributed by atoms with van der Waals surface area (Å²) in [6, 6.07) is 7.22. The van der Waals surface area contributed by atoms with Gasteiger partial charge in [-0.2, -0.15) is 11.8 Å². The lowest BCUT2D eigenvalue weighted by atomic mass is 9.84. The van der Waals surface area contributed by atoms with Crippen LogP contribution < -0.4 is 10.6 Å². The van der Waals surface area contributed by atoms with Crippen LogP contribution in [0.4, 0.5) is 4.79 Å². The summed E-state index contributed by atoms with van der Waals surface area (Å²) in [4.78, 5) is 23.3. The van der Waals surface area contributed by atoms with Crippen molar-refractivity contribution in [1.29, 1.82) is 0 Å². The van der Waals surface area contributed by atoms with Crippen molar-refractivity contribution in [2.24, 2.45) is 0 Å². The monoisotopic (exact) mass is 308 g/mol. The number of rotatable bonds is 6. The maximum atomic E-state index is 11.9. The number of urea groups is 1. The highest BCUT2D eigenvalue weighted by Gasteiger charge is 2.36. The average molecular weight is 308 g/mol. The van der Waals surface area contributed by atoms with Gasteiger partial charge in [0, 0.05) is 11.3 Å². The Morgan fingerprint density at radius 2 is 2.00 bits per heavy atom. The number of carbonyl (C=O) groups is 2. The first kappa shape index (κ1) is 15.7. The van der Waals surface area contributed by atoms with Gasteiger partial charge < -0.3 is 15.7 Å². The van der Waals surface area contributed by atoms with Crippen LogP contribution in [0.2, 0.25) is 0 Å². The lowest BCUT2D eigenvalue weighted by Crippen LogP contribution is -2.49. The van der Waals surface area contributed by atoms with Gasteiger partial charge in [-0.15, -0.1) is 0 Å². The predicted molar refractivity (Wildman–Crippen MR) is 83.5 cm³/mol. The summed E-state index contributed by atoms with van der Waals surface area (Å²) in [6.45, 7) is 0.571. The third kappa shape index (κ3) is 3.91. The first-order valence-corrected chi connectivity index (χ1v) is 8.16. The molecule has 3 N–H and O–H groups in total. The highest BCUT2D eigenvalue weighted by molar-refractivity contribution is 8.00. The number of carboxylic acid groups (broad SMARTS) is 1. The van der Waals surface area contributed by atoms with Crippen LogP contribution in [0.3, 0.4) is 0 Å². The summed E-state index contributed by atoms with van der Waals surface area (Å²) in [7, 11) is 0. The maximum absolute atomic E-state index is 11.9. The summed E-state index contributed by atoms with van der Waals surface area (Å²) >= 11 is 1.76. The Morgan fingerprint density at radius 1 is 1.33 bits per heavy atom. The molecule has 1 fully saturated rings. The van der Waals surface area contributed by atoms with Crippen molar-refractivity contribution >= 4 is 23.8 Å². The number of benzene rings is 1. The van der Waals surface area contributed by atoms with Gasteiger partial charge >= 0.3 is 12.0 Å². The summed E-state index contributed by atoms with van der Waals surface area (Å²) in [5.74, 6) is -1.07. The Bertz CT molecular complexity index is 497. The molecule has 0 aromatic heterocycles. The Hall–Kier alpha value is -1.69. The largest absolute Gasteiger partial charge is 0.479 e. The van der Waals surface area contributed by atoms with Gasteiger partial charge in [-0.1, -0.05) is 36.8 Å². The molecule has 0 saturated heterocycles. The molecule has 0 spiro atoms. The van der Waals surface area contributed by atoms with Gasteiger partial charge in [0.05, 0.1) is 0 Å². The van der Waals surface area contributed by atoms with E-state index in [0.717, 1.165) is 12.8 Å². The standard InChI is InChI=1S/C15H20N2O3S/c1-21-15(8-5-9-15)10-16-14(20)17-12(13(18)19)11-6-3-2-4-7-11/h2-4,6-7,12H,5,8-10H2,1H3,(H,18,19)(H2,16,17,20)/t12-/m1/s1. The molecule has 0 bridgehead atoms. The van der Waals surface area contributed by atoms with E-state index >= 15 is 0 Å². The van der Waals surface area contributed by atoms with Crippen LogP contribution >= 0.6 is 11.8 Å². The van der Waals surface area contributed by atoms with Crippen LogP contribution in [0.15, 0.2) is 30.3 Å². The van der Waals surface area contributed by atoms with E-state index in [4.69, 9.17) is 0 Å². The molecule has 114 valence electrons. The smallest absolute Gasteiger partial charge is 0.330 e. The van der Waals surface area contributed by atoms with E-state index in [1.165, 1.54) is 6.42 Å². The Balaban J connectivity index is 1.91. The van der Waals surface area contributed by atoms with Gasteiger partial charge in [-0.25, -0.2) is 9.59 Å². The lowest BCUT2D eigenvalue weighted by Gasteiger charge is -2.40. The minimum Gasteiger partial charge on any atom is -0.479 e. The Kier molecular flexibility index (Phi) is 5.12. The molecule has 0 heterocycles. The molecule has 0 radical (unpaired) electrons. The molecule has 0 aliphatic heterocycles. The van der Waals surface area contributed by atoms with E-state index in [1.807, 2.05) is 6.26 Å². The fraction of sp³-hybridized carbons (Fsp3) is 0.467. The van der Waals surface area contributed by atoms with Crippen molar-refractivity contribution in [3.05, 3.63) is 35.9 Å². The number of carboxylic acids is 1. The SMILES string of the molecule is CSC1(CNC(=O)N[C@@H](C(=O)O)c2ccccc2)CCC1. The Labute approximate surface area is 128 Å². The zero-order valence-corrected chi connectivity index (χ0v) is 12.8. The predicted octanol–water partition coefficient (Wildman–Crippen LogP) is 2.40. The second-order valence-electron chi connectivity index (χ2n) is 5.25. The molecule has 21 heavy (non-hydrogen) atoms. The van der Waals surface area contributed by atoms with Crippen LogP contribution in [0.5, 0.6) is 0 Å². The summed E-state index contributed by atoms with van der Waals surface area (Å²) in [5, 5.41) is 14.6. The molecule has 2 rings (SSSR count). The molecule has 1 aromatic rings. The fourth-order valence-electron chi connectivity index (χ4n) is 2.38. The van der Waals surface area contributed by atoms with Crippen molar-refractivity contribution < 1.29 is 14.7 Å². The van der Waals surface area contributed by atoms with Gasteiger partial charge in [0.2, 0.25) is 0 Å². The van der Waals surface area contributed by atoms with Crippen LogP contribution in [0, 0.1) is 0 Å². The molecule has 6 heteroatoms. The molecular formula is C15H20N2O3S. The number of hydrogen-bond donors (Lipinski definition) is 3. The van der Waals surface area contributed by atoms with Crippen molar-refractivity contribution in [2.45, 2.75) is 30.1 Å². The molecule has 2 amide bonds. The molecule has 1 saturated carbocycles. The third-order valence-electron chi connectivity index (χ3n) is 3.92. The second-order valence-corrected chi connectivity index (χ2v) is 6.52. The maximum Gasteiger partial charge on any atom is 0.330 e. The molecule has 1 aliphatic rings. The molecular weight excluding hydrogens is 288 g/mol. The van der Waals surface area contributed by atoms with E-state index in [-0.39, 0.29) is 4.75 Å². The van der Waals surface area contributed by atoms with Gasteiger partial charge in [0.15, 0.2) is 6.04 Å². The van der Waals surface area contributed by atoms with E-state index in [1.54, 1.807) is 42.1 Å². The van der Waals surface area contributed by atoms with E-state index in [0.29, 0.717) is 12.1 Å². The molecule has 1 atom stereocenters. The Morgan fingerprint density at radius 3 is 2.48 bits per heavy atom. The van der Waals surface area contributed by atoms with Gasteiger partial charge in [0.1, 0.15) is 0 Å². The van der Waals surface area contributed by atoms with Crippen molar-refractivity contribution in [2.75, 3.05) is 12.8 Å². The minimum absolute atomic E-state index is 0.128. The molecule has 1 aromatic carbocycles. The van der Waals surface area contributed by atoms with Crippen molar-refractivity contribution in [1.82, 2.24) is 10.6 Å². The van der Waals surface area contributed by atoms with E-state index in [9.17, 15) is 14.7 Å². The minimum atomic E-state index is -1.07. The number of carbonyl (C=O) groups excluding carboxylic acids is 1. The topological polar surface area (TPSA) is 78.4 Å². The number of aliphatic carboxylic acids is 1. The number of thioether (sulfide) groups is 1. The quantitative estimate of drug-likeness (QED) is 0.754. The third-order valence-corrected chi connectivity index (χ3v) is 5.34. The number of nitrogens with one attached hydrogen (secondary N) is 2. The first-order chi connectivity index (χ1) is 10.1.